The minimum absolute atomic E-state index is 0.0246. The van der Waals surface area contributed by atoms with E-state index in [1.54, 1.807) is 6.07 Å². The van der Waals surface area contributed by atoms with Gasteiger partial charge in [-0.3, -0.25) is 9.59 Å². The van der Waals surface area contributed by atoms with Crippen LogP contribution in [-0.2, 0) is 26.0 Å². The second-order valence-electron chi connectivity index (χ2n) is 6.82. The maximum Gasteiger partial charge on any atom is 0.309 e. The molecule has 0 aliphatic rings. The first kappa shape index (κ1) is 22.6. The molecule has 3 aromatic rings. The van der Waals surface area contributed by atoms with Crippen LogP contribution in [-0.4, -0.2) is 26.8 Å². The normalized spacial score (nSPS) is 12.2. The predicted octanol–water partition coefficient (Wildman–Crippen LogP) is 3.19. The first-order valence-corrected chi connectivity index (χ1v) is 11.3. The van der Waals surface area contributed by atoms with Gasteiger partial charge in [0.15, 0.2) is 9.84 Å². The van der Waals surface area contributed by atoms with Crippen LogP contribution in [0.15, 0.2) is 76.2 Å². The Kier molecular flexibility index (Phi) is 7.14. The third kappa shape index (κ3) is 5.53. The Morgan fingerprint density at radius 2 is 1.65 bits per heavy atom. The summed E-state index contributed by atoms with van der Waals surface area (Å²) in [5.41, 5.74) is 1.86. The van der Waals surface area contributed by atoms with Gasteiger partial charge in [0.05, 0.1) is 11.2 Å². The highest BCUT2D eigenvalue weighted by Gasteiger charge is 2.32. The summed E-state index contributed by atoms with van der Waals surface area (Å²) in [7, 11) is -3.92. The Bertz CT molecular complexity index is 1160. The summed E-state index contributed by atoms with van der Waals surface area (Å²) in [6, 6.07) is 16.2. The number of hydrogen-bond acceptors (Lipinski definition) is 5. The molecule has 1 aromatic heterocycles. The zero-order valence-corrected chi connectivity index (χ0v) is 18.2. The number of furan rings is 1. The van der Waals surface area contributed by atoms with E-state index in [4.69, 9.17) is 16.0 Å². The number of nitrogens with one attached hydrogen (secondary N) is 2. The van der Waals surface area contributed by atoms with Crippen LogP contribution in [0.5, 0.6) is 0 Å². The van der Waals surface area contributed by atoms with Crippen LogP contribution in [0.25, 0.3) is 0 Å². The van der Waals surface area contributed by atoms with Crippen LogP contribution < -0.4 is 10.6 Å². The molecule has 0 bridgehead atoms. The minimum Gasteiger partial charge on any atom is -0.468 e. The van der Waals surface area contributed by atoms with Gasteiger partial charge in [0.2, 0.25) is 0 Å². The molecule has 2 amide bonds. The molecule has 0 aliphatic heterocycles. The zero-order chi connectivity index (χ0) is 22.4. The molecule has 162 valence electrons. The molecule has 0 saturated heterocycles. The van der Waals surface area contributed by atoms with Crippen LogP contribution >= 0.6 is 11.6 Å². The average Bonchev–Trinajstić information content (AvgIpc) is 3.27. The number of hydrogen-bond donors (Lipinski definition) is 2. The van der Waals surface area contributed by atoms with E-state index in [1.807, 2.05) is 31.2 Å². The van der Waals surface area contributed by atoms with Crippen molar-refractivity contribution < 1.29 is 22.4 Å². The highest BCUT2D eigenvalue weighted by atomic mass is 35.5. The van der Waals surface area contributed by atoms with Crippen molar-refractivity contribution in [2.45, 2.75) is 23.6 Å². The third-order valence-corrected chi connectivity index (χ3v) is 7.06. The van der Waals surface area contributed by atoms with Gasteiger partial charge in [0.1, 0.15) is 11.0 Å². The number of carbonyl (C=O) groups is 2. The molecule has 31 heavy (non-hydrogen) atoms. The van der Waals surface area contributed by atoms with Crippen LogP contribution in [0.4, 0.5) is 0 Å². The van der Waals surface area contributed by atoms with Crippen molar-refractivity contribution in [3.05, 3.63) is 88.8 Å². The standard InChI is InChI=1S/C22H21ClN2O5S/c1-15-5-2-3-6-16(15)13-24-21(26)22(27)25-14-20(19-7-4-12-30-19)31(28,29)18-10-8-17(23)9-11-18/h2-12,20H,13-14H2,1H3,(H,24,26)(H,25,27). The maximum absolute atomic E-state index is 13.1. The van der Waals surface area contributed by atoms with E-state index < -0.39 is 26.9 Å². The van der Waals surface area contributed by atoms with Gasteiger partial charge < -0.3 is 15.1 Å². The van der Waals surface area contributed by atoms with Crippen molar-refractivity contribution in [2.24, 2.45) is 0 Å². The molecule has 0 spiro atoms. The van der Waals surface area contributed by atoms with Crippen molar-refractivity contribution >= 4 is 33.3 Å². The summed E-state index contributed by atoms with van der Waals surface area (Å²) in [6.07, 6.45) is 1.34. The van der Waals surface area contributed by atoms with E-state index in [-0.39, 0.29) is 23.7 Å². The van der Waals surface area contributed by atoms with Gasteiger partial charge in [0, 0.05) is 18.1 Å². The number of sulfone groups is 1. The van der Waals surface area contributed by atoms with Gasteiger partial charge in [-0.25, -0.2) is 8.42 Å². The molecule has 1 heterocycles. The summed E-state index contributed by atoms with van der Waals surface area (Å²) in [5.74, 6) is -1.64. The quantitative estimate of drug-likeness (QED) is 0.527. The van der Waals surface area contributed by atoms with Gasteiger partial charge in [-0.1, -0.05) is 35.9 Å². The summed E-state index contributed by atoms with van der Waals surface area (Å²) >= 11 is 5.85. The van der Waals surface area contributed by atoms with Crippen LogP contribution in [0.1, 0.15) is 22.1 Å². The lowest BCUT2D eigenvalue weighted by atomic mass is 10.1. The molecule has 1 atom stereocenters. The fraction of sp³-hybridized carbons (Fsp3) is 0.182. The van der Waals surface area contributed by atoms with E-state index in [0.29, 0.717) is 5.02 Å². The Labute approximate surface area is 185 Å². The molecule has 0 radical (unpaired) electrons. The van der Waals surface area contributed by atoms with Crippen LogP contribution in [0.3, 0.4) is 0 Å². The molecule has 0 saturated carbocycles. The Balaban J connectivity index is 1.69. The molecule has 2 N–H and O–H groups in total. The Hall–Kier alpha value is -3.10. The zero-order valence-electron chi connectivity index (χ0n) is 16.7. The van der Waals surface area contributed by atoms with E-state index in [9.17, 15) is 18.0 Å². The minimum atomic E-state index is -3.92. The molecule has 3 rings (SSSR count). The second-order valence-corrected chi connectivity index (χ2v) is 9.39. The summed E-state index contributed by atoms with van der Waals surface area (Å²) in [6.45, 7) is 1.75. The number of carbonyl (C=O) groups excluding carboxylic acids is 2. The van der Waals surface area contributed by atoms with Crippen LogP contribution in [0.2, 0.25) is 5.02 Å². The fourth-order valence-electron chi connectivity index (χ4n) is 2.96. The highest BCUT2D eigenvalue weighted by molar-refractivity contribution is 7.91. The lowest BCUT2D eigenvalue weighted by Gasteiger charge is -2.17. The molecule has 7 nitrogen and oxygen atoms in total. The van der Waals surface area contributed by atoms with Gasteiger partial charge in [-0.15, -0.1) is 0 Å². The lowest BCUT2D eigenvalue weighted by Crippen LogP contribution is -2.42. The first-order valence-electron chi connectivity index (χ1n) is 9.42. The topological polar surface area (TPSA) is 105 Å². The summed E-state index contributed by atoms with van der Waals surface area (Å²) < 4.78 is 31.5. The lowest BCUT2D eigenvalue weighted by molar-refractivity contribution is -0.139. The molecular weight excluding hydrogens is 440 g/mol. The monoisotopic (exact) mass is 460 g/mol. The van der Waals surface area contributed by atoms with E-state index >= 15 is 0 Å². The van der Waals surface area contributed by atoms with Gasteiger partial charge >= 0.3 is 11.8 Å². The number of benzene rings is 2. The average molecular weight is 461 g/mol. The highest BCUT2D eigenvalue weighted by Crippen LogP contribution is 2.29. The van der Waals surface area contributed by atoms with Crippen molar-refractivity contribution in [3.63, 3.8) is 0 Å². The molecule has 0 fully saturated rings. The van der Waals surface area contributed by atoms with Crippen molar-refractivity contribution in [3.8, 4) is 0 Å². The number of halogens is 1. The van der Waals surface area contributed by atoms with Gasteiger partial charge in [0.25, 0.3) is 0 Å². The van der Waals surface area contributed by atoms with Crippen molar-refractivity contribution in [1.29, 1.82) is 0 Å². The molecular formula is C22H21ClN2O5S. The second kappa shape index (κ2) is 9.80. The van der Waals surface area contributed by atoms with Crippen molar-refractivity contribution in [1.82, 2.24) is 10.6 Å². The Morgan fingerprint density at radius 3 is 2.29 bits per heavy atom. The van der Waals surface area contributed by atoms with Gasteiger partial charge in [-0.05, 0) is 54.4 Å². The van der Waals surface area contributed by atoms with Crippen LogP contribution in [0, 0.1) is 6.92 Å². The van der Waals surface area contributed by atoms with E-state index in [1.165, 1.54) is 36.6 Å². The number of amides is 2. The fourth-order valence-corrected chi connectivity index (χ4v) is 4.67. The molecule has 1 unspecified atom stereocenters. The summed E-state index contributed by atoms with van der Waals surface area (Å²) in [5, 5.41) is 4.11. The predicted molar refractivity (Wildman–Crippen MR) is 116 cm³/mol. The van der Waals surface area contributed by atoms with E-state index in [2.05, 4.69) is 10.6 Å². The van der Waals surface area contributed by atoms with Gasteiger partial charge in [-0.2, -0.15) is 0 Å². The number of aryl methyl sites for hydroxylation is 1. The van der Waals surface area contributed by atoms with Crippen molar-refractivity contribution in [2.75, 3.05) is 6.54 Å². The largest absolute Gasteiger partial charge is 0.468 e. The molecule has 0 aliphatic carbocycles. The molecule has 9 heteroatoms. The number of rotatable bonds is 7. The maximum atomic E-state index is 13.1. The Morgan fingerprint density at radius 1 is 0.968 bits per heavy atom. The van der Waals surface area contributed by atoms with E-state index in [0.717, 1.165) is 11.1 Å². The third-order valence-electron chi connectivity index (χ3n) is 4.73. The summed E-state index contributed by atoms with van der Waals surface area (Å²) in [4.78, 5) is 24.5. The SMILES string of the molecule is Cc1ccccc1CNC(=O)C(=O)NCC(c1ccco1)S(=O)(=O)c1ccc(Cl)cc1. The first-order chi connectivity index (χ1) is 14.8. The molecule has 2 aromatic carbocycles. The smallest absolute Gasteiger partial charge is 0.309 e.